The molecule has 2 N–H and O–H groups in total. The Morgan fingerprint density at radius 3 is 2.80 bits per heavy atom. The third kappa shape index (κ3) is 1.63. The van der Waals surface area contributed by atoms with Crippen molar-refractivity contribution in [3.05, 3.63) is 30.2 Å². The number of anilines is 1. The van der Waals surface area contributed by atoms with Crippen LogP contribution in [0.25, 0.3) is 11.1 Å². The first-order chi connectivity index (χ1) is 7.22. The number of ether oxygens (including phenoxy) is 1. The second kappa shape index (κ2) is 3.61. The van der Waals surface area contributed by atoms with Crippen molar-refractivity contribution in [1.29, 1.82) is 0 Å². The predicted molar refractivity (Wildman–Crippen MR) is 52.9 cm³/mol. The minimum absolute atomic E-state index is 0.180. The van der Waals surface area contributed by atoms with Crippen molar-refractivity contribution >= 4 is 5.88 Å². The van der Waals surface area contributed by atoms with E-state index in [1.165, 1.54) is 25.4 Å². The molecule has 1 aromatic carbocycles. The Bertz CT molecular complexity index is 482. The lowest BCUT2D eigenvalue weighted by Gasteiger charge is -2.06. The molecule has 0 aliphatic heterocycles. The van der Waals surface area contributed by atoms with Crippen molar-refractivity contribution in [2.45, 2.75) is 0 Å². The summed E-state index contributed by atoms with van der Waals surface area (Å²) in [7, 11) is 1.46. The van der Waals surface area contributed by atoms with Crippen molar-refractivity contribution in [2.24, 2.45) is 0 Å². The van der Waals surface area contributed by atoms with Crippen LogP contribution in [0.2, 0.25) is 0 Å². The Morgan fingerprint density at radius 1 is 1.40 bits per heavy atom. The van der Waals surface area contributed by atoms with Crippen LogP contribution >= 0.6 is 0 Å². The monoisotopic (exact) mass is 208 g/mol. The van der Waals surface area contributed by atoms with Gasteiger partial charge in [-0.15, -0.1) is 0 Å². The zero-order valence-electron chi connectivity index (χ0n) is 8.03. The fraction of sp³-hybridized carbons (Fsp3) is 0.100. The molecule has 5 heteroatoms. The highest BCUT2D eigenvalue weighted by Crippen LogP contribution is 2.33. The van der Waals surface area contributed by atoms with E-state index in [4.69, 9.17) is 15.0 Å². The molecule has 0 spiro atoms. The average molecular weight is 208 g/mol. The van der Waals surface area contributed by atoms with Crippen molar-refractivity contribution in [3.8, 4) is 16.9 Å². The lowest BCUT2D eigenvalue weighted by atomic mass is 10.1. The summed E-state index contributed by atoms with van der Waals surface area (Å²) in [5.41, 5.74) is 6.80. The molecule has 1 heterocycles. The molecule has 2 aromatic rings. The van der Waals surface area contributed by atoms with Gasteiger partial charge >= 0.3 is 0 Å². The van der Waals surface area contributed by atoms with Crippen LogP contribution < -0.4 is 10.5 Å². The molecular weight excluding hydrogens is 199 g/mol. The van der Waals surface area contributed by atoms with Crippen LogP contribution in [0.3, 0.4) is 0 Å². The summed E-state index contributed by atoms with van der Waals surface area (Å²) in [6, 6.07) is 4.17. The molecule has 0 radical (unpaired) electrons. The van der Waals surface area contributed by atoms with Crippen molar-refractivity contribution in [3.63, 3.8) is 0 Å². The number of nitrogens with two attached hydrogens (primary N) is 1. The summed E-state index contributed by atoms with van der Waals surface area (Å²) in [6.07, 6.45) is 1.46. The summed E-state index contributed by atoms with van der Waals surface area (Å²) in [5.74, 6) is 0.204. The first-order valence-electron chi connectivity index (χ1n) is 4.26. The molecule has 0 aliphatic carbocycles. The third-order valence-electron chi connectivity index (χ3n) is 2.05. The normalized spacial score (nSPS) is 10.3. The van der Waals surface area contributed by atoms with Crippen molar-refractivity contribution in [1.82, 2.24) is 5.16 Å². The number of rotatable bonds is 2. The molecule has 1 aromatic heterocycles. The van der Waals surface area contributed by atoms with E-state index in [-0.39, 0.29) is 11.7 Å². The van der Waals surface area contributed by atoms with Crippen LogP contribution in [0.1, 0.15) is 0 Å². The van der Waals surface area contributed by atoms with Gasteiger partial charge in [0.2, 0.25) is 5.88 Å². The van der Waals surface area contributed by atoms with Gasteiger partial charge in [-0.1, -0.05) is 5.16 Å². The van der Waals surface area contributed by atoms with Gasteiger partial charge < -0.3 is 15.0 Å². The summed E-state index contributed by atoms with van der Waals surface area (Å²) >= 11 is 0. The Balaban J connectivity index is 2.58. The number of nitrogen functional groups attached to an aromatic ring is 1. The van der Waals surface area contributed by atoms with E-state index in [1.54, 1.807) is 6.07 Å². The topological polar surface area (TPSA) is 61.3 Å². The number of nitrogens with zero attached hydrogens (tertiary/aromatic N) is 1. The minimum atomic E-state index is -0.370. The lowest BCUT2D eigenvalue weighted by Crippen LogP contribution is -1.91. The van der Waals surface area contributed by atoms with Crippen LogP contribution in [0.15, 0.2) is 28.9 Å². The van der Waals surface area contributed by atoms with E-state index in [0.717, 1.165) is 0 Å². The van der Waals surface area contributed by atoms with E-state index in [1.807, 2.05) is 0 Å². The molecular formula is C10H9FN2O2. The molecule has 0 unspecified atom stereocenters. The molecule has 0 atom stereocenters. The molecule has 0 saturated heterocycles. The smallest absolute Gasteiger partial charge is 0.230 e. The molecule has 78 valence electrons. The zero-order chi connectivity index (χ0) is 10.8. The van der Waals surface area contributed by atoms with Gasteiger partial charge in [0.25, 0.3) is 0 Å². The number of methoxy groups -OCH3 is 1. The van der Waals surface area contributed by atoms with Crippen LogP contribution in [-0.2, 0) is 0 Å². The maximum absolute atomic E-state index is 12.9. The summed E-state index contributed by atoms with van der Waals surface area (Å²) in [5, 5.41) is 3.55. The first kappa shape index (κ1) is 9.51. The molecule has 0 fully saturated rings. The second-order valence-electron chi connectivity index (χ2n) is 2.95. The summed E-state index contributed by atoms with van der Waals surface area (Å²) < 4.78 is 22.7. The van der Waals surface area contributed by atoms with E-state index in [0.29, 0.717) is 16.9 Å². The SMILES string of the molecule is COc1cc(F)ccc1-c1cnoc1N. The number of benzene rings is 1. The molecule has 15 heavy (non-hydrogen) atoms. The van der Waals surface area contributed by atoms with Gasteiger partial charge in [-0.3, -0.25) is 0 Å². The van der Waals surface area contributed by atoms with Gasteiger partial charge in [-0.05, 0) is 12.1 Å². The summed E-state index contributed by atoms with van der Waals surface area (Å²) in [4.78, 5) is 0. The van der Waals surface area contributed by atoms with Gasteiger partial charge in [0.15, 0.2) is 0 Å². The van der Waals surface area contributed by atoms with E-state index >= 15 is 0 Å². The highest BCUT2D eigenvalue weighted by Gasteiger charge is 2.12. The Hall–Kier alpha value is -2.04. The molecule has 0 saturated carbocycles. The van der Waals surface area contributed by atoms with Gasteiger partial charge in [0, 0.05) is 11.6 Å². The highest BCUT2D eigenvalue weighted by atomic mass is 19.1. The van der Waals surface area contributed by atoms with Crippen LogP contribution in [-0.4, -0.2) is 12.3 Å². The Kier molecular flexibility index (Phi) is 2.29. The van der Waals surface area contributed by atoms with E-state index in [9.17, 15) is 4.39 Å². The fourth-order valence-corrected chi connectivity index (χ4v) is 1.34. The first-order valence-corrected chi connectivity index (χ1v) is 4.26. The Morgan fingerprint density at radius 2 is 2.20 bits per heavy atom. The third-order valence-corrected chi connectivity index (χ3v) is 2.05. The largest absolute Gasteiger partial charge is 0.496 e. The second-order valence-corrected chi connectivity index (χ2v) is 2.95. The maximum atomic E-state index is 12.9. The average Bonchev–Trinajstić information content (AvgIpc) is 2.64. The number of hydrogen-bond acceptors (Lipinski definition) is 4. The number of aromatic nitrogens is 1. The Labute approximate surface area is 85.4 Å². The van der Waals surface area contributed by atoms with Gasteiger partial charge in [0.05, 0.1) is 18.9 Å². The van der Waals surface area contributed by atoms with E-state index < -0.39 is 0 Å². The highest BCUT2D eigenvalue weighted by molar-refractivity contribution is 5.76. The number of halogens is 1. The van der Waals surface area contributed by atoms with Crippen LogP contribution in [0.4, 0.5) is 10.3 Å². The maximum Gasteiger partial charge on any atom is 0.230 e. The van der Waals surface area contributed by atoms with Crippen molar-refractivity contribution < 1.29 is 13.7 Å². The quantitative estimate of drug-likeness (QED) is 0.820. The molecule has 0 aliphatic rings. The van der Waals surface area contributed by atoms with Crippen LogP contribution in [0, 0.1) is 5.82 Å². The molecule has 0 amide bonds. The molecule has 4 nitrogen and oxygen atoms in total. The standard InChI is InChI=1S/C10H9FN2O2/c1-14-9-4-6(11)2-3-7(9)8-5-13-15-10(8)12/h2-5H,12H2,1H3. The number of hydrogen-bond donors (Lipinski definition) is 1. The van der Waals surface area contributed by atoms with Gasteiger partial charge in [0.1, 0.15) is 11.6 Å². The van der Waals surface area contributed by atoms with Crippen LogP contribution in [0.5, 0.6) is 5.75 Å². The minimum Gasteiger partial charge on any atom is -0.496 e. The predicted octanol–water partition coefficient (Wildman–Crippen LogP) is 2.07. The van der Waals surface area contributed by atoms with Gasteiger partial charge in [-0.25, -0.2) is 4.39 Å². The van der Waals surface area contributed by atoms with Gasteiger partial charge in [-0.2, -0.15) is 0 Å². The van der Waals surface area contributed by atoms with E-state index in [2.05, 4.69) is 5.16 Å². The van der Waals surface area contributed by atoms with Crippen molar-refractivity contribution in [2.75, 3.05) is 12.8 Å². The molecule has 2 rings (SSSR count). The molecule has 0 bridgehead atoms. The fourth-order valence-electron chi connectivity index (χ4n) is 1.34. The zero-order valence-corrected chi connectivity index (χ0v) is 8.03. The lowest BCUT2D eigenvalue weighted by molar-refractivity contribution is 0.413. The summed E-state index contributed by atoms with van der Waals surface area (Å²) in [6.45, 7) is 0.